The molecule has 3 rings (SSSR count). The maximum absolute atomic E-state index is 12.7. The van der Waals surface area contributed by atoms with Crippen LogP contribution in [-0.4, -0.2) is 57.5 Å². The van der Waals surface area contributed by atoms with Crippen molar-refractivity contribution < 1.29 is 14.1 Å². The molecule has 3 heterocycles. The molecule has 1 atom stereocenters. The lowest BCUT2D eigenvalue weighted by Gasteiger charge is -2.24. The van der Waals surface area contributed by atoms with Crippen LogP contribution >= 0.6 is 0 Å². The first-order chi connectivity index (χ1) is 12.7. The highest BCUT2D eigenvalue weighted by atomic mass is 16.5. The molecule has 1 N–H and O–H groups in total. The van der Waals surface area contributed by atoms with Crippen molar-refractivity contribution in [2.75, 3.05) is 26.7 Å². The molecular weight excluding hydrogens is 336 g/mol. The summed E-state index contributed by atoms with van der Waals surface area (Å²) >= 11 is 0. The number of carbonyl (C=O) groups is 1. The van der Waals surface area contributed by atoms with Crippen LogP contribution in [0.4, 0.5) is 0 Å². The number of rotatable bonds is 8. The van der Waals surface area contributed by atoms with Gasteiger partial charge in [0.15, 0.2) is 5.82 Å². The highest BCUT2D eigenvalue weighted by Gasteiger charge is 2.22. The lowest BCUT2D eigenvalue weighted by molar-refractivity contribution is -0.132. The normalized spacial score (nSPS) is 17.4. The van der Waals surface area contributed by atoms with E-state index in [1.165, 1.54) is 0 Å². The number of methoxy groups -OCH3 is 1. The van der Waals surface area contributed by atoms with Gasteiger partial charge in [-0.05, 0) is 32.4 Å². The number of carbonyl (C=O) groups excluding carboxylic acids is 1. The van der Waals surface area contributed by atoms with Crippen molar-refractivity contribution in [1.29, 1.82) is 0 Å². The maximum atomic E-state index is 12.7. The van der Waals surface area contributed by atoms with Crippen molar-refractivity contribution in [1.82, 2.24) is 30.1 Å². The third-order valence-corrected chi connectivity index (χ3v) is 4.59. The molecule has 1 amide bonds. The number of amides is 1. The lowest BCUT2D eigenvalue weighted by atomic mass is 9.96. The smallest absolute Gasteiger partial charge is 0.246 e. The van der Waals surface area contributed by atoms with Crippen LogP contribution < -0.4 is 5.32 Å². The number of ether oxygens (including phenoxy) is 1. The first-order valence-corrected chi connectivity index (χ1v) is 9.01. The zero-order chi connectivity index (χ0) is 18.4. The van der Waals surface area contributed by atoms with Crippen molar-refractivity contribution in [3.63, 3.8) is 0 Å². The van der Waals surface area contributed by atoms with E-state index in [-0.39, 0.29) is 25.6 Å². The molecule has 0 radical (unpaired) electrons. The molecular formula is C17H26N6O3. The zero-order valence-electron chi connectivity index (χ0n) is 15.3. The van der Waals surface area contributed by atoms with Gasteiger partial charge in [0, 0.05) is 38.0 Å². The summed E-state index contributed by atoms with van der Waals surface area (Å²) in [5.74, 6) is 1.27. The van der Waals surface area contributed by atoms with E-state index < -0.39 is 0 Å². The fourth-order valence-corrected chi connectivity index (χ4v) is 3.24. The monoisotopic (exact) mass is 362 g/mol. The van der Waals surface area contributed by atoms with Crippen molar-refractivity contribution in [3.05, 3.63) is 29.7 Å². The molecule has 9 heteroatoms. The van der Waals surface area contributed by atoms with E-state index in [1.807, 2.05) is 17.7 Å². The minimum Gasteiger partial charge on any atom is -0.377 e. The van der Waals surface area contributed by atoms with Gasteiger partial charge < -0.3 is 19.5 Å². The molecule has 0 bridgehead atoms. The van der Waals surface area contributed by atoms with Crippen LogP contribution in [0.2, 0.25) is 0 Å². The van der Waals surface area contributed by atoms with Crippen molar-refractivity contribution in [3.8, 4) is 0 Å². The standard InChI is InChI=1S/C17H26N6O3/c1-3-22(10-16-20-15(12-25-2)21-26-16)17(24)11-23-14(6-8-19-23)13-5-4-7-18-9-13/h6,8,13,18H,3-5,7,9-12H2,1-2H3. The Bertz CT molecular complexity index is 707. The predicted molar refractivity (Wildman–Crippen MR) is 93.2 cm³/mol. The van der Waals surface area contributed by atoms with Gasteiger partial charge in [-0.3, -0.25) is 9.48 Å². The minimum atomic E-state index is -0.0206. The van der Waals surface area contributed by atoms with Gasteiger partial charge in [0.1, 0.15) is 19.7 Å². The van der Waals surface area contributed by atoms with Crippen LogP contribution in [0.15, 0.2) is 16.8 Å². The van der Waals surface area contributed by atoms with Gasteiger partial charge in [-0.15, -0.1) is 0 Å². The van der Waals surface area contributed by atoms with E-state index >= 15 is 0 Å². The second-order valence-electron chi connectivity index (χ2n) is 6.40. The Morgan fingerprint density at radius 2 is 2.42 bits per heavy atom. The molecule has 0 aromatic carbocycles. The molecule has 1 fully saturated rings. The Labute approximate surface area is 152 Å². The maximum Gasteiger partial charge on any atom is 0.246 e. The molecule has 9 nitrogen and oxygen atoms in total. The van der Waals surface area contributed by atoms with Crippen LogP contribution in [0.5, 0.6) is 0 Å². The highest BCUT2D eigenvalue weighted by Crippen LogP contribution is 2.22. The molecule has 1 unspecified atom stereocenters. The van der Waals surface area contributed by atoms with E-state index in [0.29, 0.717) is 24.2 Å². The molecule has 0 saturated carbocycles. The Balaban J connectivity index is 1.63. The summed E-state index contributed by atoms with van der Waals surface area (Å²) in [5, 5.41) is 11.6. The zero-order valence-corrected chi connectivity index (χ0v) is 15.3. The van der Waals surface area contributed by atoms with Crippen LogP contribution in [0.3, 0.4) is 0 Å². The van der Waals surface area contributed by atoms with Crippen LogP contribution in [-0.2, 0) is 29.2 Å². The fourth-order valence-electron chi connectivity index (χ4n) is 3.24. The molecule has 0 spiro atoms. The number of piperidine rings is 1. The number of hydrogen-bond acceptors (Lipinski definition) is 7. The van der Waals surface area contributed by atoms with Crippen LogP contribution in [0.25, 0.3) is 0 Å². The van der Waals surface area contributed by atoms with Crippen LogP contribution in [0.1, 0.15) is 43.1 Å². The lowest BCUT2D eigenvalue weighted by Crippen LogP contribution is -2.35. The molecule has 1 aliphatic rings. The third kappa shape index (κ3) is 4.47. The van der Waals surface area contributed by atoms with Crippen molar-refractivity contribution >= 4 is 5.91 Å². The average molecular weight is 362 g/mol. The second kappa shape index (κ2) is 8.91. The summed E-state index contributed by atoms with van der Waals surface area (Å²) in [6, 6.07) is 2.01. The Hall–Kier alpha value is -2.26. The summed E-state index contributed by atoms with van der Waals surface area (Å²) < 4.78 is 12.0. The van der Waals surface area contributed by atoms with Gasteiger partial charge in [0.2, 0.25) is 11.8 Å². The minimum absolute atomic E-state index is 0.0206. The third-order valence-electron chi connectivity index (χ3n) is 4.59. The van der Waals surface area contributed by atoms with Gasteiger partial charge in [-0.1, -0.05) is 5.16 Å². The summed E-state index contributed by atoms with van der Waals surface area (Å²) in [6.07, 6.45) is 4.03. The average Bonchev–Trinajstić information content (AvgIpc) is 3.30. The van der Waals surface area contributed by atoms with Crippen LogP contribution in [0, 0.1) is 0 Å². The summed E-state index contributed by atoms with van der Waals surface area (Å²) in [7, 11) is 1.57. The van der Waals surface area contributed by atoms with Gasteiger partial charge in [-0.25, -0.2) is 0 Å². The first kappa shape index (κ1) is 18.5. The SMILES string of the molecule is CCN(Cc1nc(COC)no1)C(=O)Cn1nccc1C1CCCNC1. The summed E-state index contributed by atoms with van der Waals surface area (Å²) in [4.78, 5) is 18.7. The predicted octanol–water partition coefficient (Wildman–Crippen LogP) is 0.928. The number of nitrogens with zero attached hydrogens (tertiary/aromatic N) is 5. The second-order valence-corrected chi connectivity index (χ2v) is 6.40. The van der Waals surface area contributed by atoms with Gasteiger partial charge >= 0.3 is 0 Å². The van der Waals surface area contributed by atoms with E-state index in [9.17, 15) is 4.79 Å². The largest absolute Gasteiger partial charge is 0.377 e. The number of aromatic nitrogens is 4. The Morgan fingerprint density at radius 3 is 3.15 bits per heavy atom. The van der Waals surface area contributed by atoms with E-state index in [1.54, 1.807) is 18.2 Å². The molecule has 1 saturated heterocycles. The van der Waals surface area contributed by atoms with E-state index in [4.69, 9.17) is 9.26 Å². The number of hydrogen-bond donors (Lipinski definition) is 1. The van der Waals surface area contributed by atoms with E-state index in [2.05, 4.69) is 20.6 Å². The molecule has 0 aliphatic carbocycles. The Kier molecular flexibility index (Phi) is 6.35. The van der Waals surface area contributed by atoms with Crippen molar-refractivity contribution in [2.24, 2.45) is 0 Å². The summed E-state index contributed by atoms with van der Waals surface area (Å²) in [5.41, 5.74) is 1.11. The molecule has 2 aromatic rings. The molecule has 142 valence electrons. The number of nitrogens with one attached hydrogen (secondary N) is 1. The van der Waals surface area contributed by atoms with Crippen molar-refractivity contribution in [2.45, 2.75) is 45.4 Å². The molecule has 1 aliphatic heterocycles. The number of likely N-dealkylation sites (N-methyl/N-ethyl adjacent to an activating group) is 1. The molecule has 2 aromatic heterocycles. The fraction of sp³-hybridized carbons (Fsp3) is 0.647. The molecule has 26 heavy (non-hydrogen) atoms. The van der Waals surface area contributed by atoms with Gasteiger partial charge in [-0.2, -0.15) is 10.1 Å². The Morgan fingerprint density at radius 1 is 1.54 bits per heavy atom. The first-order valence-electron chi connectivity index (χ1n) is 9.01. The van der Waals surface area contributed by atoms with E-state index in [0.717, 1.165) is 31.6 Å². The van der Waals surface area contributed by atoms with Gasteiger partial charge in [0.25, 0.3) is 0 Å². The quantitative estimate of drug-likeness (QED) is 0.746. The van der Waals surface area contributed by atoms with Gasteiger partial charge in [0.05, 0.1) is 0 Å². The topological polar surface area (TPSA) is 98.3 Å². The summed E-state index contributed by atoms with van der Waals surface area (Å²) in [6.45, 7) is 5.26. The highest BCUT2D eigenvalue weighted by molar-refractivity contribution is 5.75.